The molecule has 0 saturated carbocycles. The van der Waals surface area contributed by atoms with Gasteiger partial charge in [-0.15, -0.1) is 0 Å². The molecule has 0 atom stereocenters. The normalized spacial score (nSPS) is 12.4. The minimum atomic E-state index is -4.31. The van der Waals surface area contributed by atoms with Crippen LogP contribution in [0.5, 0.6) is 11.5 Å². The van der Waals surface area contributed by atoms with Gasteiger partial charge in [0.1, 0.15) is 11.5 Å². The first-order chi connectivity index (χ1) is 7.66. The summed E-state index contributed by atoms with van der Waals surface area (Å²) < 4.78 is 45.9. The molecule has 0 bridgehead atoms. The van der Waals surface area contributed by atoms with Crippen LogP contribution in [0.4, 0.5) is 13.2 Å². The fourth-order valence-electron chi connectivity index (χ4n) is 1.12. The molecule has 96 valence electrons. The van der Waals surface area contributed by atoms with Gasteiger partial charge in [-0.05, 0) is 43.9 Å². The topological polar surface area (TPSA) is 18.5 Å². The van der Waals surface area contributed by atoms with Crippen LogP contribution in [-0.4, -0.2) is 21.1 Å². The van der Waals surface area contributed by atoms with Crippen molar-refractivity contribution in [2.24, 2.45) is 0 Å². The van der Waals surface area contributed by atoms with Crippen LogP contribution >= 0.6 is 0 Å². The lowest BCUT2D eigenvalue weighted by atomic mass is 10.3. The SMILES string of the molecule is C[Si](C)(C)Oc1ccc(OCC(F)(F)F)cc1. The first-order valence-corrected chi connectivity index (χ1v) is 8.55. The van der Waals surface area contributed by atoms with E-state index in [1.54, 1.807) is 12.1 Å². The van der Waals surface area contributed by atoms with Crippen molar-refractivity contribution < 1.29 is 22.3 Å². The number of halogens is 3. The summed E-state index contributed by atoms with van der Waals surface area (Å²) in [5, 5.41) is 0. The summed E-state index contributed by atoms with van der Waals surface area (Å²) in [6.45, 7) is 4.81. The molecule has 2 nitrogen and oxygen atoms in total. The second-order valence-corrected chi connectivity index (χ2v) is 9.02. The lowest BCUT2D eigenvalue weighted by Gasteiger charge is -2.19. The largest absolute Gasteiger partial charge is 0.544 e. The molecule has 1 aromatic carbocycles. The lowest BCUT2D eigenvalue weighted by Crippen LogP contribution is -2.29. The Morgan fingerprint density at radius 2 is 1.47 bits per heavy atom. The van der Waals surface area contributed by atoms with Gasteiger partial charge in [-0.3, -0.25) is 0 Å². The van der Waals surface area contributed by atoms with E-state index in [0.717, 1.165) is 0 Å². The summed E-state index contributed by atoms with van der Waals surface area (Å²) in [5.74, 6) is 0.841. The molecular weight excluding hydrogens is 249 g/mol. The van der Waals surface area contributed by atoms with Gasteiger partial charge in [-0.1, -0.05) is 0 Å². The van der Waals surface area contributed by atoms with E-state index in [2.05, 4.69) is 4.74 Å². The van der Waals surface area contributed by atoms with Crippen molar-refractivity contribution in [1.82, 2.24) is 0 Å². The van der Waals surface area contributed by atoms with E-state index >= 15 is 0 Å². The quantitative estimate of drug-likeness (QED) is 0.769. The first-order valence-electron chi connectivity index (χ1n) is 5.14. The number of hydrogen-bond acceptors (Lipinski definition) is 2. The molecule has 0 aliphatic rings. The van der Waals surface area contributed by atoms with Crippen LogP contribution in [0.25, 0.3) is 0 Å². The molecular formula is C11H15F3O2Si. The summed E-state index contributed by atoms with van der Waals surface area (Å²) in [6.07, 6.45) is -4.31. The molecule has 0 aromatic heterocycles. The fourth-order valence-corrected chi connectivity index (χ4v) is 1.97. The zero-order valence-electron chi connectivity index (χ0n) is 9.97. The van der Waals surface area contributed by atoms with Crippen LogP contribution in [0, 0.1) is 0 Å². The van der Waals surface area contributed by atoms with Crippen molar-refractivity contribution in [2.75, 3.05) is 6.61 Å². The molecule has 0 spiro atoms. The second kappa shape index (κ2) is 4.99. The molecule has 0 aliphatic heterocycles. The first kappa shape index (κ1) is 13.9. The minimum absolute atomic E-state index is 0.185. The summed E-state index contributed by atoms with van der Waals surface area (Å²) in [6, 6.07) is 6.18. The van der Waals surface area contributed by atoms with Crippen LogP contribution in [0.15, 0.2) is 24.3 Å². The highest BCUT2D eigenvalue weighted by molar-refractivity contribution is 6.70. The van der Waals surface area contributed by atoms with Gasteiger partial charge in [0.15, 0.2) is 6.61 Å². The predicted molar refractivity (Wildman–Crippen MR) is 62.0 cm³/mol. The maximum Gasteiger partial charge on any atom is 0.422 e. The highest BCUT2D eigenvalue weighted by atomic mass is 28.4. The number of ether oxygens (including phenoxy) is 1. The zero-order chi connectivity index (χ0) is 13.1. The smallest absolute Gasteiger partial charge is 0.422 e. The van der Waals surface area contributed by atoms with Crippen LogP contribution in [0.1, 0.15) is 0 Å². The van der Waals surface area contributed by atoms with Crippen LogP contribution in [0.3, 0.4) is 0 Å². The molecule has 0 fully saturated rings. The zero-order valence-corrected chi connectivity index (χ0v) is 11.0. The number of benzene rings is 1. The van der Waals surface area contributed by atoms with Gasteiger partial charge in [0, 0.05) is 0 Å². The molecule has 17 heavy (non-hydrogen) atoms. The summed E-state index contributed by atoms with van der Waals surface area (Å²) in [4.78, 5) is 0. The number of rotatable bonds is 4. The maximum atomic E-state index is 11.9. The fraction of sp³-hybridized carbons (Fsp3) is 0.455. The molecule has 0 radical (unpaired) electrons. The van der Waals surface area contributed by atoms with Gasteiger partial charge in [0.05, 0.1) is 0 Å². The number of hydrogen-bond donors (Lipinski definition) is 0. The predicted octanol–water partition coefficient (Wildman–Crippen LogP) is 3.84. The van der Waals surface area contributed by atoms with Crippen molar-refractivity contribution >= 4 is 8.32 Å². The molecule has 1 aromatic rings. The third kappa shape index (κ3) is 6.21. The Morgan fingerprint density at radius 3 is 1.88 bits per heavy atom. The van der Waals surface area contributed by atoms with E-state index in [0.29, 0.717) is 5.75 Å². The van der Waals surface area contributed by atoms with Crippen molar-refractivity contribution in [3.05, 3.63) is 24.3 Å². The monoisotopic (exact) mass is 264 g/mol. The molecule has 0 heterocycles. The van der Waals surface area contributed by atoms with Gasteiger partial charge in [-0.25, -0.2) is 0 Å². The van der Waals surface area contributed by atoms with E-state index in [-0.39, 0.29) is 5.75 Å². The van der Waals surface area contributed by atoms with Gasteiger partial charge >= 0.3 is 6.18 Å². The Labute approximate surface area is 99.5 Å². The minimum Gasteiger partial charge on any atom is -0.544 e. The van der Waals surface area contributed by atoms with E-state index in [1.807, 2.05) is 19.6 Å². The maximum absolute atomic E-state index is 11.9. The molecule has 1 rings (SSSR count). The highest BCUT2D eigenvalue weighted by Gasteiger charge is 2.28. The van der Waals surface area contributed by atoms with E-state index < -0.39 is 21.1 Å². The van der Waals surface area contributed by atoms with Crippen molar-refractivity contribution in [1.29, 1.82) is 0 Å². The highest BCUT2D eigenvalue weighted by Crippen LogP contribution is 2.22. The average molecular weight is 264 g/mol. The van der Waals surface area contributed by atoms with E-state index in [4.69, 9.17) is 4.43 Å². The van der Waals surface area contributed by atoms with E-state index in [9.17, 15) is 13.2 Å². The number of alkyl halides is 3. The van der Waals surface area contributed by atoms with Crippen molar-refractivity contribution in [2.45, 2.75) is 25.8 Å². The Morgan fingerprint density at radius 1 is 1.00 bits per heavy atom. The summed E-state index contributed by atoms with van der Waals surface area (Å²) in [5.41, 5.74) is 0. The lowest BCUT2D eigenvalue weighted by molar-refractivity contribution is -0.153. The van der Waals surface area contributed by atoms with Gasteiger partial charge in [0.2, 0.25) is 8.32 Å². The average Bonchev–Trinajstić information content (AvgIpc) is 2.13. The van der Waals surface area contributed by atoms with Crippen LogP contribution in [-0.2, 0) is 0 Å². The Kier molecular flexibility index (Phi) is 4.08. The van der Waals surface area contributed by atoms with Gasteiger partial charge in [-0.2, -0.15) is 13.2 Å². The van der Waals surface area contributed by atoms with Gasteiger partial charge in [0.25, 0.3) is 0 Å². The third-order valence-electron chi connectivity index (χ3n) is 1.65. The Bertz CT molecular complexity index is 354. The van der Waals surface area contributed by atoms with Crippen LogP contribution < -0.4 is 9.16 Å². The van der Waals surface area contributed by atoms with Crippen molar-refractivity contribution in [3.63, 3.8) is 0 Å². The standard InChI is InChI=1S/C11H15F3O2Si/c1-17(2,3)16-10-6-4-9(5-7-10)15-8-11(12,13)14/h4-7H,8H2,1-3H3. The Hall–Kier alpha value is -1.17. The summed E-state index contributed by atoms with van der Waals surface area (Å²) >= 11 is 0. The molecule has 0 saturated heterocycles. The molecule has 6 heteroatoms. The van der Waals surface area contributed by atoms with Crippen LogP contribution in [0.2, 0.25) is 19.6 Å². The van der Waals surface area contributed by atoms with Gasteiger partial charge < -0.3 is 9.16 Å². The third-order valence-corrected chi connectivity index (χ3v) is 2.50. The molecule has 0 unspecified atom stereocenters. The molecule has 0 amide bonds. The van der Waals surface area contributed by atoms with Crippen molar-refractivity contribution in [3.8, 4) is 11.5 Å². The molecule has 0 aliphatic carbocycles. The Balaban J connectivity index is 2.56. The second-order valence-electron chi connectivity index (χ2n) is 4.59. The van der Waals surface area contributed by atoms with E-state index in [1.165, 1.54) is 12.1 Å². The summed E-state index contributed by atoms with van der Waals surface area (Å²) in [7, 11) is -1.68. The molecule has 0 N–H and O–H groups in total.